The van der Waals surface area contributed by atoms with E-state index in [1.165, 1.54) is 11.3 Å². The number of carbonyl (C=O) groups is 1. The number of aromatic nitrogens is 2. The Balaban J connectivity index is 1.90. The Morgan fingerprint density at radius 1 is 1.35 bits per heavy atom. The van der Waals surface area contributed by atoms with Crippen molar-refractivity contribution in [1.29, 1.82) is 0 Å². The number of nitrogens with one attached hydrogen (secondary N) is 1. The number of hydrogen-bond acceptors (Lipinski definition) is 4. The maximum absolute atomic E-state index is 12.3. The highest BCUT2D eigenvalue weighted by Crippen LogP contribution is 2.18. The molecular weight excluding hydrogens is 328 g/mol. The van der Waals surface area contributed by atoms with Crippen molar-refractivity contribution in [3.8, 4) is 0 Å². The summed E-state index contributed by atoms with van der Waals surface area (Å²) in [5, 5.41) is 7.66. The van der Waals surface area contributed by atoms with Gasteiger partial charge in [0.1, 0.15) is 5.76 Å². The van der Waals surface area contributed by atoms with Crippen LogP contribution in [0, 0.1) is 19.8 Å². The second-order valence-corrected chi connectivity index (χ2v) is 7.52. The molecule has 2 aromatic rings. The summed E-state index contributed by atoms with van der Waals surface area (Å²) in [6.07, 6.45) is 2.84. The summed E-state index contributed by atoms with van der Waals surface area (Å²) in [4.78, 5) is 14.4. The Labute approximate surface area is 156 Å². The van der Waals surface area contributed by atoms with Crippen molar-refractivity contribution in [3.05, 3.63) is 41.1 Å². The average molecular weight is 361 g/mol. The SMILES string of the molecule is Cc1nn(CC(C)C)c(C)c1CCC(=O)NCC(c1ccco1)N(C)C. The number of hydrogen-bond donors (Lipinski definition) is 1. The van der Waals surface area contributed by atoms with Crippen molar-refractivity contribution in [3.63, 3.8) is 0 Å². The summed E-state index contributed by atoms with van der Waals surface area (Å²) in [6, 6.07) is 3.84. The van der Waals surface area contributed by atoms with Gasteiger partial charge in [-0.25, -0.2) is 0 Å². The van der Waals surface area contributed by atoms with Crippen LogP contribution in [0.5, 0.6) is 0 Å². The topological polar surface area (TPSA) is 63.3 Å². The molecule has 6 nitrogen and oxygen atoms in total. The van der Waals surface area contributed by atoms with E-state index < -0.39 is 0 Å². The molecule has 1 amide bonds. The second-order valence-electron chi connectivity index (χ2n) is 7.52. The van der Waals surface area contributed by atoms with Crippen LogP contribution >= 0.6 is 0 Å². The molecule has 144 valence electrons. The summed E-state index contributed by atoms with van der Waals surface area (Å²) in [7, 11) is 3.96. The third kappa shape index (κ3) is 5.21. The molecular formula is C20H32N4O2. The average Bonchev–Trinajstić information content (AvgIpc) is 3.15. The van der Waals surface area contributed by atoms with Crippen LogP contribution < -0.4 is 5.32 Å². The molecule has 1 atom stereocenters. The Bertz CT molecular complexity index is 702. The first-order chi connectivity index (χ1) is 12.3. The van der Waals surface area contributed by atoms with Crippen molar-refractivity contribution in [2.24, 2.45) is 5.92 Å². The molecule has 6 heteroatoms. The van der Waals surface area contributed by atoms with Gasteiger partial charge in [0, 0.05) is 25.2 Å². The van der Waals surface area contributed by atoms with Gasteiger partial charge >= 0.3 is 0 Å². The molecule has 0 aromatic carbocycles. The van der Waals surface area contributed by atoms with Gasteiger partial charge in [-0.3, -0.25) is 14.4 Å². The third-order valence-corrected chi connectivity index (χ3v) is 4.66. The lowest BCUT2D eigenvalue weighted by atomic mass is 10.1. The van der Waals surface area contributed by atoms with Gasteiger partial charge in [0.2, 0.25) is 5.91 Å². The Morgan fingerprint density at radius 3 is 2.65 bits per heavy atom. The molecule has 0 aliphatic heterocycles. The Morgan fingerprint density at radius 2 is 2.08 bits per heavy atom. The molecule has 2 heterocycles. The first-order valence-corrected chi connectivity index (χ1v) is 9.29. The molecule has 0 saturated heterocycles. The van der Waals surface area contributed by atoms with E-state index in [0.717, 1.165) is 24.4 Å². The van der Waals surface area contributed by atoms with Crippen LogP contribution in [0.1, 0.15) is 49.0 Å². The number of aryl methyl sites for hydroxylation is 1. The van der Waals surface area contributed by atoms with Crippen LogP contribution in [0.3, 0.4) is 0 Å². The van der Waals surface area contributed by atoms with Crippen molar-refractivity contribution in [2.75, 3.05) is 20.6 Å². The van der Waals surface area contributed by atoms with Gasteiger partial charge in [-0.05, 0) is 58.0 Å². The predicted molar refractivity (Wildman–Crippen MR) is 103 cm³/mol. The molecule has 0 aliphatic rings. The quantitative estimate of drug-likeness (QED) is 0.746. The largest absolute Gasteiger partial charge is 0.468 e. The number of nitrogens with zero attached hydrogens (tertiary/aromatic N) is 3. The molecule has 0 radical (unpaired) electrons. The number of rotatable bonds is 9. The first kappa shape index (κ1) is 20.2. The zero-order valence-corrected chi connectivity index (χ0v) is 16.9. The van der Waals surface area contributed by atoms with Gasteiger partial charge in [0.25, 0.3) is 0 Å². The zero-order valence-electron chi connectivity index (χ0n) is 16.9. The van der Waals surface area contributed by atoms with E-state index in [1.54, 1.807) is 6.26 Å². The zero-order chi connectivity index (χ0) is 19.3. The molecule has 2 aromatic heterocycles. The summed E-state index contributed by atoms with van der Waals surface area (Å²) in [5.74, 6) is 1.46. The number of amides is 1. The van der Waals surface area contributed by atoms with Crippen LogP contribution in [0.4, 0.5) is 0 Å². The van der Waals surface area contributed by atoms with Gasteiger partial charge in [-0.1, -0.05) is 13.8 Å². The maximum Gasteiger partial charge on any atom is 0.220 e. The summed E-state index contributed by atoms with van der Waals surface area (Å²) in [6.45, 7) is 9.93. The van der Waals surface area contributed by atoms with Crippen LogP contribution in [0.25, 0.3) is 0 Å². The fourth-order valence-electron chi connectivity index (χ4n) is 3.18. The minimum Gasteiger partial charge on any atom is -0.468 e. The van der Waals surface area contributed by atoms with Gasteiger partial charge in [0.05, 0.1) is 18.0 Å². The highest BCUT2D eigenvalue weighted by molar-refractivity contribution is 5.76. The molecule has 0 spiro atoms. The molecule has 0 saturated carbocycles. The van der Waals surface area contributed by atoms with Crippen LogP contribution in [0.15, 0.2) is 22.8 Å². The van der Waals surface area contributed by atoms with Gasteiger partial charge in [-0.2, -0.15) is 5.10 Å². The molecule has 26 heavy (non-hydrogen) atoms. The van der Waals surface area contributed by atoms with E-state index >= 15 is 0 Å². The normalized spacial score (nSPS) is 12.8. The van der Waals surface area contributed by atoms with Gasteiger partial charge < -0.3 is 9.73 Å². The van der Waals surface area contributed by atoms with Crippen LogP contribution in [-0.2, 0) is 17.8 Å². The van der Waals surface area contributed by atoms with E-state index in [4.69, 9.17) is 4.42 Å². The van der Waals surface area contributed by atoms with E-state index in [9.17, 15) is 4.79 Å². The van der Waals surface area contributed by atoms with E-state index in [1.807, 2.05) is 38.1 Å². The highest BCUT2D eigenvalue weighted by Gasteiger charge is 2.18. The van der Waals surface area contributed by atoms with Gasteiger partial charge in [0.15, 0.2) is 0 Å². The van der Waals surface area contributed by atoms with Crippen molar-refractivity contribution < 1.29 is 9.21 Å². The van der Waals surface area contributed by atoms with Crippen molar-refractivity contribution in [1.82, 2.24) is 20.0 Å². The summed E-state index contributed by atoms with van der Waals surface area (Å²) in [5.41, 5.74) is 3.39. The van der Waals surface area contributed by atoms with Crippen molar-refractivity contribution >= 4 is 5.91 Å². The molecule has 0 fully saturated rings. The standard InChI is InChI=1S/C20H32N4O2/c1-14(2)13-24-16(4)17(15(3)22-24)9-10-20(25)21-12-18(23(5)6)19-8-7-11-26-19/h7-8,11,14,18H,9-10,12-13H2,1-6H3,(H,21,25). The lowest BCUT2D eigenvalue weighted by Gasteiger charge is -2.22. The Hall–Kier alpha value is -2.08. The third-order valence-electron chi connectivity index (χ3n) is 4.66. The number of furan rings is 1. The minimum atomic E-state index is 0.0335. The lowest BCUT2D eigenvalue weighted by molar-refractivity contribution is -0.121. The molecule has 0 aliphatic carbocycles. The lowest BCUT2D eigenvalue weighted by Crippen LogP contribution is -2.34. The monoisotopic (exact) mass is 360 g/mol. The summed E-state index contributed by atoms with van der Waals surface area (Å²) >= 11 is 0. The number of carbonyl (C=O) groups excluding carboxylic acids is 1. The fraction of sp³-hybridized carbons (Fsp3) is 0.600. The predicted octanol–water partition coefficient (Wildman–Crippen LogP) is 3.10. The maximum atomic E-state index is 12.3. The molecule has 1 N–H and O–H groups in total. The second kappa shape index (κ2) is 9.03. The Kier molecular flexibility index (Phi) is 7.03. The molecule has 2 rings (SSSR count). The molecule has 0 bridgehead atoms. The highest BCUT2D eigenvalue weighted by atomic mass is 16.3. The minimum absolute atomic E-state index is 0.0335. The van der Waals surface area contributed by atoms with E-state index in [0.29, 0.717) is 18.9 Å². The van der Waals surface area contributed by atoms with Crippen molar-refractivity contribution in [2.45, 2.75) is 53.1 Å². The fourth-order valence-corrected chi connectivity index (χ4v) is 3.18. The first-order valence-electron chi connectivity index (χ1n) is 9.29. The number of likely N-dealkylation sites (N-methyl/N-ethyl adjacent to an activating group) is 1. The van der Waals surface area contributed by atoms with Crippen LogP contribution in [-0.4, -0.2) is 41.2 Å². The van der Waals surface area contributed by atoms with E-state index in [2.05, 4.69) is 35.9 Å². The summed E-state index contributed by atoms with van der Waals surface area (Å²) < 4.78 is 7.54. The van der Waals surface area contributed by atoms with Crippen LogP contribution in [0.2, 0.25) is 0 Å². The van der Waals surface area contributed by atoms with E-state index in [-0.39, 0.29) is 11.9 Å². The van der Waals surface area contributed by atoms with Gasteiger partial charge in [-0.15, -0.1) is 0 Å². The smallest absolute Gasteiger partial charge is 0.220 e. The molecule has 1 unspecified atom stereocenters.